The highest BCUT2D eigenvalue weighted by molar-refractivity contribution is 5.03. The molecule has 1 fully saturated rings. The molecule has 0 aromatic carbocycles. The molecule has 1 aliphatic heterocycles. The van der Waals surface area contributed by atoms with Crippen LogP contribution in [0.4, 0.5) is 0 Å². The average Bonchev–Trinajstić information content (AvgIpc) is 2.28. The maximum atomic E-state index is 5.29. The van der Waals surface area contributed by atoms with Crippen LogP contribution in [0.3, 0.4) is 0 Å². The summed E-state index contributed by atoms with van der Waals surface area (Å²) in [5, 5.41) is 7.56. The molecule has 2 N–H and O–H groups in total. The molecule has 0 spiro atoms. The Balaban J connectivity index is 2.87. The van der Waals surface area contributed by atoms with Gasteiger partial charge in [0.1, 0.15) is 0 Å². The smallest absolute Gasteiger partial charge is 0.0628 e. The van der Waals surface area contributed by atoms with Crippen molar-refractivity contribution in [1.82, 2.24) is 10.6 Å². The Morgan fingerprint density at radius 1 is 1.11 bits per heavy atom. The van der Waals surface area contributed by atoms with Gasteiger partial charge in [-0.2, -0.15) is 0 Å². The summed E-state index contributed by atoms with van der Waals surface area (Å²) in [6, 6.07) is 1.40. The molecule has 0 aliphatic carbocycles. The summed E-state index contributed by atoms with van der Waals surface area (Å²) in [6.07, 6.45) is 1.18. The zero-order valence-electron chi connectivity index (χ0n) is 13.3. The lowest BCUT2D eigenvalue weighted by Crippen LogP contribution is -2.69. The molecule has 1 saturated heterocycles. The van der Waals surface area contributed by atoms with E-state index in [1.165, 1.54) is 6.42 Å². The van der Waals surface area contributed by atoms with Gasteiger partial charge in [0.15, 0.2) is 0 Å². The standard InChI is InChI=1S/C15H32N2O/c1-8-15(5,6)13-12(14(2,3)4)16-9-11(17-13)10-18-7/h11-13,16-17H,8-10H2,1-7H3/t11?,12?,13-/m1/s1. The van der Waals surface area contributed by atoms with Crippen LogP contribution in [0.15, 0.2) is 0 Å². The monoisotopic (exact) mass is 256 g/mol. The van der Waals surface area contributed by atoms with Crippen molar-refractivity contribution in [3.63, 3.8) is 0 Å². The second-order valence-electron chi connectivity index (χ2n) is 7.39. The first-order valence-corrected chi connectivity index (χ1v) is 7.20. The van der Waals surface area contributed by atoms with Crippen molar-refractivity contribution in [1.29, 1.82) is 0 Å². The first-order valence-electron chi connectivity index (χ1n) is 7.20. The van der Waals surface area contributed by atoms with Crippen molar-refractivity contribution in [2.45, 2.75) is 66.1 Å². The van der Waals surface area contributed by atoms with Gasteiger partial charge in [-0.1, -0.05) is 41.5 Å². The van der Waals surface area contributed by atoms with Crippen LogP contribution in [0.2, 0.25) is 0 Å². The summed E-state index contributed by atoms with van der Waals surface area (Å²) in [6.45, 7) is 15.7. The van der Waals surface area contributed by atoms with Gasteiger partial charge < -0.3 is 15.4 Å². The van der Waals surface area contributed by atoms with Crippen molar-refractivity contribution in [2.75, 3.05) is 20.3 Å². The molecule has 2 unspecified atom stereocenters. The molecular weight excluding hydrogens is 224 g/mol. The highest BCUT2D eigenvalue weighted by atomic mass is 16.5. The Hall–Kier alpha value is -0.120. The third-order valence-corrected chi connectivity index (χ3v) is 4.39. The minimum atomic E-state index is 0.266. The van der Waals surface area contributed by atoms with E-state index in [0.29, 0.717) is 18.1 Å². The van der Waals surface area contributed by atoms with Crippen molar-refractivity contribution in [2.24, 2.45) is 10.8 Å². The van der Waals surface area contributed by atoms with Gasteiger partial charge in [-0.3, -0.25) is 0 Å². The molecule has 0 saturated carbocycles. The number of nitrogens with one attached hydrogen (secondary N) is 2. The Kier molecular flexibility index (Phi) is 5.22. The van der Waals surface area contributed by atoms with Crippen LogP contribution in [-0.2, 0) is 4.74 Å². The molecule has 18 heavy (non-hydrogen) atoms. The van der Waals surface area contributed by atoms with Gasteiger partial charge in [0, 0.05) is 31.8 Å². The topological polar surface area (TPSA) is 33.3 Å². The lowest BCUT2D eigenvalue weighted by atomic mass is 9.69. The van der Waals surface area contributed by atoms with Crippen LogP contribution in [0, 0.1) is 10.8 Å². The zero-order valence-corrected chi connectivity index (χ0v) is 13.3. The van der Waals surface area contributed by atoms with Gasteiger partial charge in [0.25, 0.3) is 0 Å². The van der Waals surface area contributed by atoms with E-state index in [1.54, 1.807) is 7.11 Å². The number of piperazine rings is 1. The fourth-order valence-electron chi connectivity index (χ4n) is 2.81. The third-order valence-electron chi connectivity index (χ3n) is 4.39. The third kappa shape index (κ3) is 3.69. The van der Waals surface area contributed by atoms with Gasteiger partial charge in [-0.05, 0) is 17.3 Å². The van der Waals surface area contributed by atoms with E-state index >= 15 is 0 Å². The Morgan fingerprint density at radius 2 is 1.72 bits per heavy atom. The maximum absolute atomic E-state index is 5.29. The summed E-state index contributed by atoms with van der Waals surface area (Å²) >= 11 is 0. The Labute approximate surface area is 113 Å². The summed E-state index contributed by atoms with van der Waals surface area (Å²) in [7, 11) is 1.78. The molecule has 3 atom stereocenters. The van der Waals surface area contributed by atoms with E-state index < -0.39 is 0 Å². The fraction of sp³-hybridized carbons (Fsp3) is 1.00. The highest BCUT2D eigenvalue weighted by Crippen LogP contribution is 2.35. The fourth-order valence-corrected chi connectivity index (χ4v) is 2.81. The van der Waals surface area contributed by atoms with E-state index in [4.69, 9.17) is 4.74 Å². The molecule has 0 radical (unpaired) electrons. The summed E-state index contributed by atoms with van der Waals surface area (Å²) < 4.78 is 5.29. The lowest BCUT2D eigenvalue weighted by molar-refractivity contribution is 0.0544. The molecule has 1 heterocycles. The molecule has 108 valence electrons. The molecule has 0 amide bonds. The Bertz CT molecular complexity index is 258. The van der Waals surface area contributed by atoms with Crippen LogP contribution in [0.5, 0.6) is 0 Å². The van der Waals surface area contributed by atoms with Crippen molar-refractivity contribution < 1.29 is 4.74 Å². The van der Waals surface area contributed by atoms with E-state index in [-0.39, 0.29) is 10.8 Å². The summed E-state index contributed by atoms with van der Waals surface area (Å²) in [5.74, 6) is 0. The second-order valence-corrected chi connectivity index (χ2v) is 7.39. The predicted octanol–water partition coefficient (Wildman–Crippen LogP) is 2.41. The SMILES string of the molecule is CCC(C)(C)[C@@H]1NC(COC)CNC1C(C)(C)C. The minimum absolute atomic E-state index is 0.266. The van der Waals surface area contributed by atoms with Crippen LogP contribution in [0.25, 0.3) is 0 Å². The number of methoxy groups -OCH3 is 1. The number of rotatable bonds is 4. The molecule has 0 aromatic heterocycles. The first-order chi connectivity index (χ1) is 8.22. The molecule has 3 heteroatoms. The van der Waals surface area contributed by atoms with Crippen LogP contribution < -0.4 is 10.6 Å². The average molecular weight is 256 g/mol. The van der Waals surface area contributed by atoms with Gasteiger partial charge in [-0.25, -0.2) is 0 Å². The summed E-state index contributed by atoms with van der Waals surface area (Å²) in [4.78, 5) is 0. The zero-order chi connectivity index (χ0) is 14.0. The normalized spacial score (nSPS) is 30.5. The van der Waals surface area contributed by atoms with Gasteiger partial charge >= 0.3 is 0 Å². The van der Waals surface area contributed by atoms with Crippen LogP contribution in [0.1, 0.15) is 48.0 Å². The molecule has 1 rings (SSSR count). The van der Waals surface area contributed by atoms with Crippen molar-refractivity contribution in [3.8, 4) is 0 Å². The van der Waals surface area contributed by atoms with Crippen LogP contribution >= 0.6 is 0 Å². The van der Waals surface area contributed by atoms with E-state index in [9.17, 15) is 0 Å². The molecule has 1 aliphatic rings. The van der Waals surface area contributed by atoms with Crippen molar-refractivity contribution in [3.05, 3.63) is 0 Å². The number of ether oxygens (including phenoxy) is 1. The van der Waals surface area contributed by atoms with Gasteiger partial charge in [0.05, 0.1) is 6.61 Å². The molecule has 0 bridgehead atoms. The minimum Gasteiger partial charge on any atom is -0.383 e. The van der Waals surface area contributed by atoms with Gasteiger partial charge in [0.2, 0.25) is 0 Å². The second kappa shape index (κ2) is 5.89. The Morgan fingerprint density at radius 3 is 2.17 bits per heavy atom. The van der Waals surface area contributed by atoms with Crippen molar-refractivity contribution >= 4 is 0 Å². The van der Waals surface area contributed by atoms with Gasteiger partial charge in [-0.15, -0.1) is 0 Å². The maximum Gasteiger partial charge on any atom is 0.0628 e. The lowest BCUT2D eigenvalue weighted by Gasteiger charge is -2.50. The molecule has 3 nitrogen and oxygen atoms in total. The summed E-state index contributed by atoms with van der Waals surface area (Å²) in [5.41, 5.74) is 0.555. The quantitative estimate of drug-likeness (QED) is 0.810. The van der Waals surface area contributed by atoms with E-state index in [0.717, 1.165) is 13.2 Å². The molecule has 0 aromatic rings. The number of hydrogen-bond acceptors (Lipinski definition) is 3. The van der Waals surface area contributed by atoms with E-state index in [1.807, 2.05) is 0 Å². The first kappa shape index (κ1) is 15.9. The predicted molar refractivity (Wildman–Crippen MR) is 77.9 cm³/mol. The largest absolute Gasteiger partial charge is 0.383 e. The highest BCUT2D eigenvalue weighted by Gasteiger charge is 2.43. The van der Waals surface area contributed by atoms with E-state index in [2.05, 4.69) is 52.2 Å². The number of hydrogen-bond donors (Lipinski definition) is 2. The van der Waals surface area contributed by atoms with Crippen LogP contribution in [-0.4, -0.2) is 38.4 Å². The molecular formula is C15H32N2O.